The van der Waals surface area contributed by atoms with Gasteiger partial charge in [-0.25, -0.2) is 0 Å². The third kappa shape index (κ3) is 2.76. The third-order valence-electron chi connectivity index (χ3n) is 2.02. The van der Waals surface area contributed by atoms with Crippen LogP contribution in [0.3, 0.4) is 0 Å². The standard InChI is InChI=1S/C11H15ClO3/c1-4-15-11-9(12)5-8(7(2)13)6-10(11)14-3/h5-7,13H,4H2,1-3H3. The van der Waals surface area contributed by atoms with E-state index in [1.165, 1.54) is 0 Å². The minimum atomic E-state index is -0.577. The van der Waals surface area contributed by atoms with E-state index in [1.807, 2.05) is 6.92 Å². The lowest BCUT2D eigenvalue weighted by Crippen LogP contribution is -1.99. The molecule has 0 aliphatic rings. The summed E-state index contributed by atoms with van der Waals surface area (Å²) < 4.78 is 10.5. The lowest BCUT2D eigenvalue weighted by molar-refractivity contribution is 0.198. The van der Waals surface area contributed by atoms with Crippen LogP contribution in [-0.2, 0) is 0 Å². The van der Waals surface area contributed by atoms with Crippen molar-refractivity contribution < 1.29 is 14.6 Å². The number of halogens is 1. The highest BCUT2D eigenvalue weighted by Gasteiger charge is 2.13. The number of methoxy groups -OCH3 is 1. The quantitative estimate of drug-likeness (QED) is 0.865. The van der Waals surface area contributed by atoms with Crippen LogP contribution < -0.4 is 9.47 Å². The maximum Gasteiger partial charge on any atom is 0.179 e. The molecule has 15 heavy (non-hydrogen) atoms. The molecule has 0 amide bonds. The van der Waals surface area contributed by atoms with Gasteiger partial charge in [0.05, 0.1) is 24.8 Å². The number of hydrogen-bond donors (Lipinski definition) is 1. The zero-order valence-electron chi connectivity index (χ0n) is 9.08. The van der Waals surface area contributed by atoms with Crippen LogP contribution in [0.25, 0.3) is 0 Å². The molecular weight excluding hydrogens is 216 g/mol. The molecule has 1 aromatic carbocycles. The zero-order chi connectivity index (χ0) is 11.4. The van der Waals surface area contributed by atoms with E-state index in [4.69, 9.17) is 21.1 Å². The van der Waals surface area contributed by atoms with Crippen molar-refractivity contribution in [3.8, 4) is 11.5 Å². The molecule has 3 nitrogen and oxygen atoms in total. The second-order valence-electron chi connectivity index (χ2n) is 3.14. The number of hydrogen-bond acceptors (Lipinski definition) is 3. The van der Waals surface area contributed by atoms with E-state index in [0.29, 0.717) is 28.7 Å². The molecule has 0 saturated heterocycles. The normalized spacial score (nSPS) is 12.3. The van der Waals surface area contributed by atoms with Gasteiger partial charge in [-0.2, -0.15) is 0 Å². The van der Waals surface area contributed by atoms with Crippen LogP contribution in [0.4, 0.5) is 0 Å². The Hall–Kier alpha value is -0.930. The summed E-state index contributed by atoms with van der Waals surface area (Å²) in [6.07, 6.45) is -0.577. The second-order valence-corrected chi connectivity index (χ2v) is 3.55. The predicted molar refractivity (Wildman–Crippen MR) is 59.8 cm³/mol. The first-order valence-electron chi connectivity index (χ1n) is 4.78. The van der Waals surface area contributed by atoms with Crippen LogP contribution in [-0.4, -0.2) is 18.8 Å². The van der Waals surface area contributed by atoms with Crippen LogP contribution in [0.1, 0.15) is 25.5 Å². The molecule has 0 aliphatic heterocycles. The van der Waals surface area contributed by atoms with Crippen molar-refractivity contribution in [2.24, 2.45) is 0 Å². The number of aliphatic hydroxyl groups excluding tert-OH is 1. The third-order valence-corrected chi connectivity index (χ3v) is 2.30. The van der Waals surface area contributed by atoms with Crippen molar-refractivity contribution in [1.29, 1.82) is 0 Å². The van der Waals surface area contributed by atoms with Crippen LogP contribution >= 0.6 is 11.6 Å². The molecule has 1 unspecified atom stereocenters. The minimum absolute atomic E-state index is 0.451. The average molecular weight is 231 g/mol. The molecule has 1 atom stereocenters. The average Bonchev–Trinajstić information content (AvgIpc) is 2.20. The van der Waals surface area contributed by atoms with Crippen molar-refractivity contribution >= 4 is 11.6 Å². The highest BCUT2D eigenvalue weighted by Crippen LogP contribution is 2.37. The maximum absolute atomic E-state index is 9.43. The van der Waals surface area contributed by atoms with E-state index in [9.17, 15) is 5.11 Å². The molecule has 0 saturated carbocycles. The molecule has 84 valence electrons. The van der Waals surface area contributed by atoms with Gasteiger partial charge in [0.15, 0.2) is 11.5 Å². The first-order chi connectivity index (χ1) is 7.10. The van der Waals surface area contributed by atoms with Crippen LogP contribution in [0, 0.1) is 0 Å². The summed E-state index contributed by atoms with van der Waals surface area (Å²) >= 11 is 6.02. The molecule has 0 radical (unpaired) electrons. The fraction of sp³-hybridized carbons (Fsp3) is 0.455. The van der Waals surface area contributed by atoms with Crippen molar-refractivity contribution in [2.75, 3.05) is 13.7 Å². The molecular formula is C11H15ClO3. The lowest BCUT2D eigenvalue weighted by Gasteiger charge is -2.14. The van der Waals surface area contributed by atoms with E-state index in [2.05, 4.69) is 0 Å². The highest BCUT2D eigenvalue weighted by atomic mass is 35.5. The summed E-state index contributed by atoms with van der Waals surface area (Å²) in [5.74, 6) is 1.06. The predicted octanol–water partition coefficient (Wildman–Crippen LogP) is 2.80. The summed E-state index contributed by atoms with van der Waals surface area (Å²) in [5, 5.41) is 9.88. The molecule has 4 heteroatoms. The summed E-state index contributed by atoms with van der Waals surface area (Å²) in [5.41, 5.74) is 0.709. The van der Waals surface area contributed by atoms with Gasteiger partial charge in [0.25, 0.3) is 0 Å². The monoisotopic (exact) mass is 230 g/mol. The zero-order valence-corrected chi connectivity index (χ0v) is 9.84. The Labute approximate surface area is 94.6 Å². The Balaban J connectivity index is 3.18. The fourth-order valence-electron chi connectivity index (χ4n) is 1.27. The maximum atomic E-state index is 9.43. The Morgan fingerprint density at radius 2 is 2.13 bits per heavy atom. The second kappa shape index (κ2) is 5.24. The van der Waals surface area contributed by atoms with E-state index < -0.39 is 6.10 Å². The van der Waals surface area contributed by atoms with Gasteiger partial charge < -0.3 is 14.6 Å². The summed E-state index contributed by atoms with van der Waals surface area (Å²) in [6.45, 7) is 4.06. The highest BCUT2D eigenvalue weighted by molar-refractivity contribution is 6.32. The van der Waals surface area contributed by atoms with Crippen LogP contribution in [0.15, 0.2) is 12.1 Å². The largest absolute Gasteiger partial charge is 0.493 e. The van der Waals surface area contributed by atoms with Gasteiger partial charge >= 0.3 is 0 Å². The van der Waals surface area contributed by atoms with Gasteiger partial charge in [0.1, 0.15) is 0 Å². The van der Waals surface area contributed by atoms with Gasteiger partial charge in [0.2, 0.25) is 0 Å². The molecule has 0 aromatic heterocycles. The van der Waals surface area contributed by atoms with Crippen LogP contribution in [0.2, 0.25) is 5.02 Å². The van der Waals surface area contributed by atoms with Gasteiger partial charge in [-0.3, -0.25) is 0 Å². The molecule has 1 N–H and O–H groups in total. The van der Waals surface area contributed by atoms with Crippen molar-refractivity contribution in [3.63, 3.8) is 0 Å². The topological polar surface area (TPSA) is 38.7 Å². The Morgan fingerprint density at radius 1 is 1.47 bits per heavy atom. The van der Waals surface area contributed by atoms with E-state index >= 15 is 0 Å². The fourth-order valence-corrected chi connectivity index (χ4v) is 1.54. The minimum Gasteiger partial charge on any atom is -0.493 e. The molecule has 0 bridgehead atoms. The van der Waals surface area contributed by atoms with Crippen molar-refractivity contribution in [3.05, 3.63) is 22.7 Å². The number of ether oxygens (including phenoxy) is 2. The Morgan fingerprint density at radius 3 is 2.60 bits per heavy atom. The first-order valence-corrected chi connectivity index (χ1v) is 5.16. The molecule has 0 heterocycles. The van der Waals surface area contributed by atoms with E-state index in [0.717, 1.165) is 0 Å². The SMILES string of the molecule is CCOc1c(Cl)cc(C(C)O)cc1OC. The van der Waals surface area contributed by atoms with E-state index in [1.54, 1.807) is 26.2 Å². The first kappa shape index (κ1) is 12.1. The van der Waals surface area contributed by atoms with Crippen molar-refractivity contribution in [1.82, 2.24) is 0 Å². The number of benzene rings is 1. The molecule has 0 fully saturated rings. The number of rotatable bonds is 4. The molecule has 0 spiro atoms. The smallest absolute Gasteiger partial charge is 0.179 e. The Kier molecular flexibility index (Phi) is 4.24. The van der Waals surface area contributed by atoms with Gasteiger partial charge in [0, 0.05) is 0 Å². The summed E-state index contributed by atoms with van der Waals surface area (Å²) in [4.78, 5) is 0. The molecule has 1 rings (SSSR count). The van der Waals surface area contributed by atoms with Crippen molar-refractivity contribution in [2.45, 2.75) is 20.0 Å². The number of aliphatic hydroxyl groups is 1. The lowest BCUT2D eigenvalue weighted by atomic mass is 10.1. The van der Waals surface area contributed by atoms with Gasteiger partial charge in [-0.15, -0.1) is 0 Å². The summed E-state index contributed by atoms with van der Waals surface area (Å²) in [7, 11) is 1.54. The summed E-state index contributed by atoms with van der Waals surface area (Å²) in [6, 6.07) is 3.40. The Bertz CT molecular complexity index is 337. The van der Waals surface area contributed by atoms with Crippen LogP contribution in [0.5, 0.6) is 11.5 Å². The van der Waals surface area contributed by atoms with Gasteiger partial charge in [-0.1, -0.05) is 11.6 Å². The molecule has 1 aromatic rings. The van der Waals surface area contributed by atoms with Gasteiger partial charge in [-0.05, 0) is 31.5 Å². The van der Waals surface area contributed by atoms with E-state index in [-0.39, 0.29) is 0 Å². The molecule has 0 aliphatic carbocycles.